The summed E-state index contributed by atoms with van der Waals surface area (Å²) in [6.07, 6.45) is 8.25. The van der Waals surface area contributed by atoms with Crippen LogP contribution in [0.1, 0.15) is 19.3 Å². The molecule has 0 aliphatic heterocycles. The highest BCUT2D eigenvalue weighted by Crippen LogP contribution is 2.18. The Hall–Kier alpha value is -1.58. The van der Waals surface area contributed by atoms with Crippen molar-refractivity contribution >= 4 is 11.6 Å². The van der Waals surface area contributed by atoms with Gasteiger partial charge in [-0.1, -0.05) is 6.08 Å². The Morgan fingerprint density at radius 2 is 2.54 bits per heavy atom. The minimum absolute atomic E-state index is 0.00102. The van der Waals surface area contributed by atoms with Gasteiger partial charge < -0.3 is 5.32 Å². The van der Waals surface area contributed by atoms with E-state index < -0.39 is 0 Å². The van der Waals surface area contributed by atoms with Gasteiger partial charge in [-0.05, 0) is 19.3 Å². The molecular weight excluding hydrogens is 166 g/mol. The maximum absolute atomic E-state index is 11.5. The molecule has 1 heterocycles. The molecule has 1 aliphatic rings. The topological polar surface area (TPSA) is 57.8 Å². The van der Waals surface area contributed by atoms with Gasteiger partial charge in [-0.25, -0.2) is 0 Å². The first-order valence-electron chi connectivity index (χ1n) is 4.35. The van der Waals surface area contributed by atoms with Crippen molar-refractivity contribution in [1.82, 2.24) is 10.2 Å². The number of hydrogen-bond acceptors (Lipinski definition) is 2. The van der Waals surface area contributed by atoms with Crippen LogP contribution in [0.4, 0.5) is 5.69 Å². The standard InChI is InChI=1S/C9H11N3O/c13-9(7-3-1-2-4-7)12-8-5-10-11-6-8/h3,5-6H,1-2,4H2,(H,10,11)(H,12,13). The maximum atomic E-state index is 11.5. The van der Waals surface area contributed by atoms with Crippen LogP contribution in [0.2, 0.25) is 0 Å². The van der Waals surface area contributed by atoms with E-state index in [-0.39, 0.29) is 5.91 Å². The SMILES string of the molecule is O=C(Nc1cn[nH]c1)C1=CCCC1. The summed E-state index contributed by atoms with van der Waals surface area (Å²) in [7, 11) is 0. The van der Waals surface area contributed by atoms with Gasteiger partial charge in [0.05, 0.1) is 11.9 Å². The lowest BCUT2D eigenvalue weighted by Crippen LogP contribution is -2.12. The van der Waals surface area contributed by atoms with Crippen LogP contribution >= 0.6 is 0 Å². The lowest BCUT2D eigenvalue weighted by atomic mass is 10.2. The molecule has 1 amide bonds. The third kappa shape index (κ3) is 1.77. The van der Waals surface area contributed by atoms with Crippen LogP contribution in [0.5, 0.6) is 0 Å². The van der Waals surface area contributed by atoms with Crippen LogP contribution in [0, 0.1) is 0 Å². The Morgan fingerprint density at radius 1 is 1.62 bits per heavy atom. The van der Waals surface area contributed by atoms with Gasteiger partial charge in [-0.3, -0.25) is 9.89 Å². The normalized spacial score (nSPS) is 15.5. The predicted octanol–water partition coefficient (Wildman–Crippen LogP) is 1.46. The van der Waals surface area contributed by atoms with Gasteiger partial charge in [0, 0.05) is 11.8 Å². The fourth-order valence-electron chi connectivity index (χ4n) is 1.41. The number of anilines is 1. The highest BCUT2D eigenvalue weighted by molar-refractivity contribution is 6.03. The lowest BCUT2D eigenvalue weighted by Gasteiger charge is -2.01. The summed E-state index contributed by atoms with van der Waals surface area (Å²) >= 11 is 0. The molecule has 1 aromatic rings. The third-order valence-corrected chi connectivity index (χ3v) is 2.09. The van der Waals surface area contributed by atoms with E-state index in [0.29, 0.717) is 0 Å². The van der Waals surface area contributed by atoms with Crippen LogP contribution in [-0.2, 0) is 4.79 Å². The van der Waals surface area contributed by atoms with Crippen molar-refractivity contribution in [2.45, 2.75) is 19.3 Å². The fourth-order valence-corrected chi connectivity index (χ4v) is 1.41. The molecule has 0 radical (unpaired) electrons. The second kappa shape index (κ2) is 3.43. The fraction of sp³-hybridized carbons (Fsp3) is 0.333. The van der Waals surface area contributed by atoms with E-state index in [9.17, 15) is 4.79 Å². The van der Waals surface area contributed by atoms with Gasteiger partial charge >= 0.3 is 0 Å². The number of hydrogen-bond donors (Lipinski definition) is 2. The van der Waals surface area contributed by atoms with Crippen molar-refractivity contribution in [3.8, 4) is 0 Å². The lowest BCUT2D eigenvalue weighted by molar-refractivity contribution is -0.112. The largest absolute Gasteiger partial charge is 0.320 e. The third-order valence-electron chi connectivity index (χ3n) is 2.09. The van der Waals surface area contributed by atoms with Gasteiger partial charge in [-0.2, -0.15) is 5.10 Å². The minimum atomic E-state index is -0.00102. The molecule has 13 heavy (non-hydrogen) atoms. The number of H-pyrrole nitrogens is 1. The number of nitrogens with zero attached hydrogens (tertiary/aromatic N) is 1. The van der Waals surface area contributed by atoms with Crippen molar-refractivity contribution < 1.29 is 4.79 Å². The molecule has 0 unspecified atom stereocenters. The highest BCUT2D eigenvalue weighted by atomic mass is 16.1. The average Bonchev–Trinajstić information content (AvgIpc) is 2.74. The van der Waals surface area contributed by atoms with E-state index in [1.54, 1.807) is 12.4 Å². The van der Waals surface area contributed by atoms with Gasteiger partial charge in [0.1, 0.15) is 0 Å². The monoisotopic (exact) mass is 177 g/mol. The van der Waals surface area contributed by atoms with E-state index in [1.807, 2.05) is 6.08 Å². The molecule has 1 aromatic heterocycles. The van der Waals surface area contributed by atoms with Crippen LogP contribution < -0.4 is 5.32 Å². The predicted molar refractivity (Wildman–Crippen MR) is 49.2 cm³/mol. The number of allylic oxidation sites excluding steroid dienone is 1. The molecule has 1 aliphatic carbocycles. The van der Waals surface area contributed by atoms with Crippen molar-refractivity contribution in [2.75, 3.05) is 5.32 Å². The summed E-state index contributed by atoms with van der Waals surface area (Å²) in [6, 6.07) is 0. The summed E-state index contributed by atoms with van der Waals surface area (Å²) < 4.78 is 0. The van der Waals surface area contributed by atoms with E-state index in [4.69, 9.17) is 0 Å². The first-order chi connectivity index (χ1) is 6.36. The minimum Gasteiger partial charge on any atom is -0.320 e. The van der Waals surface area contributed by atoms with Crippen LogP contribution in [0.25, 0.3) is 0 Å². The molecule has 4 nitrogen and oxygen atoms in total. The van der Waals surface area contributed by atoms with E-state index in [0.717, 1.165) is 30.5 Å². The smallest absolute Gasteiger partial charge is 0.251 e. The van der Waals surface area contributed by atoms with Crippen molar-refractivity contribution in [3.63, 3.8) is 0 Å². The van der Waals surface area contributed by atoms with Crippen LogP contribution in [-0.4, -0.2) is 16.1 Å². The highest BCUT2D eigenvalue weighted by Gasteiger charge is 2.13. The molecule has 0 spiro atoms. The Kier molecular flexibility index (Phi) is 2.12. The second-order valence-electron chi connectivity index (χ2n) is 3.06. The van der Waals surface area contributed by atoms with Crippen molar-refractivity contribution in [2.24, 2.45) is 0 Å². The Morgan fingerprint density at radius 3 is 3.15 bits per heavy atom. The van der Waals surface area contributed by atoms with Crippen molar-refractivity contribution in [3.05, 3.63) is 24.0 Å². The van der Waals surface area contributed by atoms with Gasteiger partial charge in [0.2, 0.25) is 0 Å². The number of aromatic nitrogens is 2. The molecule has 0 atom stereocenters. The van der Waals surface area contributed by atoms with Crippen LogP contribution in [0.3, 0.4) is 0 Å². The van der Waals surface area contributed by atoms with Crippen molar-refractivity contribution in [1.29, 1.82) is 0 Å². The number of nitrogens with one attached hydrogen (secondary N) is 2. The Labute approximate surface area is 76.0 Å². The first-order valence-corrected chi connectivity index (χ1v) is 4.35. The molecule has 4 heteroatoms. The molecule has 0 saturated heterocycles. The number of aromatic amines is 1. The number of carbonyl (C=O) groups is 1. The van der Waals surface area contributed by atoms with Gasteiger partial charge in [-0.15, -0.1) is 0 Å². The molecule has 0 aromatic carbocycles. The average molecular weight is 177 g/mol. The van der Waals surface area contributed by atoms with E-state index in [1.165, 1.54) is 0 Å². The van der Waals surface area contributed by atoms with E-state index in [2.05, 4.69) is 15.5 Å². The summed E-state index contributed by atoms with van der Waals surface area (Å²) in [5.41, 5.74) is 1.61. The molecule has 2 N–H and O–H groups in total. The molecule has 0 fully saturated rings. The zero-order valence-corrected chi connectivity index (χ0v) is 7.21. The van der Waals surface area contributed by atoms with Gasteiger partial charge in [0.15, 0.2) is 0 Å². The molecule has 68 valence electrons. The molecule has 0 saturated carbocycles. The number of carbonyl (C=O) groups excluding carboxylic acids is 1. The maximum Gasteiger partial charge on any atom is 0.251 e. The summed E-state index contributed by atoms with van der Waals surface area (Å²) in [4.78, 5) is 11.5. The molecule has 2 rings (SSSR count). The second-order valence-corrected chi connectivity index (χ2v) is 3.06. The Bertz CT molecular complexity index is 327. The van der Waals surface area contributed by atoms with Crippen LogP contribution in [0.15, 0.2) is 24.0 Å². The Balaban J connectivity index is 1.99. The molecule has 0 bridgehead atoms. The number of rotatable bonds is 2. The number of amides is 1. The quantitative estimate of drug-likeness (QED) is 0.718. The van der Waals surface area contributed by atoms with Gasteiger partial charge in [0.25, 0.3) is 5.91 Å². The molecular formula is C9H11N3O. The summed E-state index contributed by atoms with van der Waals surface area (Å²) in [5.74, 6) is -0.00102. The summed E-state index contributed by atoms with van der Waals surface area (Å²) in [6.45, 7) is 0. The van der Waals surface area contributed by atoms with E-state index >= 15 is 0 Å². The zero-order valence-electron chi connectivity index (χ0n) is 7.21. The first kappa shape index (κ1) is 8.04. The summed E-state index contributed by atoms with van der Waals surface area (Å²) in [5, 5.41) is 9.15. The zero-order chi connectivity index (χ0) is 9.10.